The van der Waals surface area contributed by atoms with Gasteiger partial charge in [-0.15, -0.1) is 0 Å². The van der Waals surface area contributed by atoms with Gasteiger partial charge in [-0.3, -0.25) is 0 Å². The summed E-state index contributed by atoms with van der Waals surface area (Å²) in [5.41, 5.74) is -0.617. The van der Waals surface area contributed by atoms with Gasteiger partial charge in [-0.25, -0.2) is 9.59 Å². The SMILES string of the molecule is CN1CCC(Oc2ccccc2Sc2ccccc2C(F)(F)F)CC1.O=C(O)C(=O)O. The number of piperidine rings is 1. The molecule has 0 spiro atoms. The lowest BCUT2D eigenvalue weighted by Crippen LogP contribution is -2.35. The van der Waals surface area contributed by atoms with Crippen molar-refractivity contribution >= 4 is 23.7 Å². The van der Waals surface area contributed by atoms with Crippen LogP contribution in [0.25, 0.3) is 0 Å². The van der Waals surface area contributed by atoms with Crippen molar-refractivity contribution in [3.63, 3.8) is 0 Å². The molecule has 0 aliphatic carbocycles. The van der Waals surface area contributed by atoms with E-state index in [0.29, 0.717) is 10.6 Å². The molecular formula is C21H22F3NO5S. The molecule has 1 saturated heterocycles. The average molecular weight is 457 g/mol. The molecule has 0 saturated carbocycles. The number of alkyl halides is 3. The summed E-state index contributed by atoms with van der Waals surface area (Å²) in [6, 6.07) is 13.0. The van der Waals surface area contributed by atoms with Crippen LogP contribution in [0.15, 0.2) is 58.3 Å². The maximum absolute atomic E-state index is 13.2. The molecule has 2 aromatic rings. The van der Waals surface area contributed by atoms with Crippen molar-refractivity contribution < 1.29 is 37.7 Å². The average Bonchev–Trinajstić information content (AvgIpc) is 2.71. The Labute approximate surface area is 181 Å². The number of rotatable bonds is 4. The van der Waals surface area contributed by atoms with E-state index in [1.807, 2.05) is 24.3 Å². The standard InChI is InChI=1S/C19H20F3NOS.C2H2O4/c1-23-12-10-14(11-13-23)24-16-7-3-5-9-18(16)25-17-8-4-2-6-15(17)19(20,21)22;3-1(4)2(5)6/h2-9,14H,10-13H2,1H3;(H,3,4)(H,5,6). The van der Waals surface area contributed by atoms with Crippen LogP contribution in [-0.4, -0.2) is 53.3 Å². The fourth-order valence-electron chi connectivity index (χ4n) is 2.82. The van der Waals surface area contributed by atoms with E-state index in [-0.39, 0.29) is 11.0 Å². The molecule has 0 atom stereocenters. The van der Waals surface area contributed by atoms with Gasteiger partial charge in [0.05, 0.1) is 10.5 Å². The van der Waals surface area contributed by atoms with Crippen LogP contribution in [0.3, 0.4) is 0 Å². The van der Waals surface area contributed by atoms with Crippen LogP contribution < -0.4 is 4.74 Å². The van der Waals surface area contributed by atoms with Crippen molar-refractivity contribution in [2.75, 3.05) is 20.1 Å². The topological polar surface area (TPSA) is 87.1 Å². The number of hydrogen-bond donors (Lipinski definition) is 2. The molecular weight excluding hydrogens is 435 g/mol. The number of aliphatic carboxylic acids is 2. The summed E-state index contributed by atoms with van der Waals surface area (Å²) in [7, 11) is 2.08. The number of halogens is 3. The van der Waals surface area contributed by atoms with Crippen LogP contribution in [0.5, 0.6) is 5.75 Å². The third kappa shape index (κ3) is 7.80. The summed E-state index contributed by atoms with van der Waals surface area (Å²) < 4.78 is 45.7. The van der Waals surface area contributed by atoms with E-state index >= 15 is 0 Å². The van der Waals surface area contributed by atoms with E-state index < -0.39 is 23.7 Å². The lowest BCUT2D eigenvalue weighted by Gasteiger charge is -2.29. The molecule has 31 heavy (non-hydrogen) atoms. The van der Waals surface area contributed by atoms with E-state index in [0.717, 1.165) is 43.8 Å². The molecule has 2 N–H and O–H groups in total. The van der Waals surface area contributed by atoms with Crippen LogP contribution in [0, 0.1) is 0 Å². The third-order valence-corrected chi connectivity index (χ3v) is 5.54. The molecule has 1 aliphatic heterocycles. The van der Waals surface area contributed by atoms with Gasteiger partial charge in [-0.05, 0) is 44.2 Å². The normalized spacial score (nSPS) is 15.0. The maximum atomic E-state index is 13.2. The van der Waals surface area contributed by atoms with Gasteiger partial charge in [0.2, 0.25) is 0 Å². The molecule has 1 heterocycles. The molecule has 0 amide bonds. The highest BCUT2D eigenvalue weighted by Crippen LogP contribution is 2.42. The molecule has 6 nitrogen and oxygen atoms in total. The summed E-state index contributed by atoms with van der Waals surface area (Å²) in [5, 5.41) is 14.8. The summed E-state index contributed by atoms with van der Waals surface area (Å²) in [6.45, 7) is 1.94. The fourth-order valence-corrected chi connectivity index (χ4v) is 3.86. The van der Waals surface area contributed by atoms with Crippen LogP contribution in [0.4, 0.5) is 13.2 Å². The second kappa shape index (κ2) is 11.1. The van der Waals surface area contributed by atoms with Crippen LogP contribution in [-0.2, 0) is 15.8 Å². The van der Waals surface area contributed by atoms with Crippen molar-refractivity contribution in [3.05, 3.63) is 54.1 Å². The lowest BCUT2D eigenvalue weighted by atomic mass is 10.1. The highest BCUT2D eigenvalue weighted by Gasteiger charge is 2.33. The molecule has 1 fully saturated rings. The predicted molar refractivity (Wildman–Crippen MR) is 108 cm³/mol. The molecule has 1 aliphatic rings. The van der Waals surface area contributed by atoms with Gasteiger partial charge < -0.3 is 19.8 Å². The van der Waals surface area contributed by atoms with Crippen LogP contribution >= 0.6 is 11.8 Å². The van der Waals surface area contributed by atoms with E-state index in [4.69, 9.17) is 24.5 Å². The Bertz CT molecular complexity index is 887. The zero-order valence-electron chi connectivity index (χ0n) is 16.6. The van der Waals surface area contributed by atoms with Gasteiger partial charge in [0.25, 0.3) is 0 Å². The Morgan fingerprint density at radius 3 is 2.03 bits per heavy atom. The first-order valence-electron chi connectivity index (χ1n) is 9.32. The monoisotopic (exact) mass is 457 g/mol. The number of carbonyl (C=O) groups is 2. The van der Waals surface area contributed by atoms with Crippen molar-refractivity contribution in [2.45, 2.75) is 34.9 Å². The fraction of sp³-hybridized carbons (Fsp3) is 0.333. The van der Waals surface area contributed by atoms with E-state index in [9.17, 15) is 13.2 Å². The summed E-state index contributed by atoms with van der Waals surface area (Å²) in [6.07, 6.45) is -2.41. The Hall–Kier alpha value is -2.72. The van der Waals surface area contributed by atoms with Crippen molar-refractivity contribution in [3.8, 4) is 5.75 Å². The van der Waals surface area contributed by atoms with E-state index in [2.05, 4.69) is 11.9 Å². The highest BCUT2D eigenvalue weighted by atomic mass is 32.2. The number of carboxylic acids is 2. The van der Waals surface area contributed by atoms with Crippen LogP contribution in [0.1, 0.15) is 18.4 Å². The molecule has 0 bridgehead atoms. The Morgan fingerprint density at radius 1 is 0.968 bits per heavy atom. The first-order valence-corrected chi connectivity index (χ1v) is 10.1. The molecule has 0 unspecified atom stereocenters. The Balaban J connectivity index is 0.000000501. The van der Waals surface area contributed by atoms with Crippen molar-refractivity contribution in [1.82, 2.24) is 4.90 Å². The molecule has 168 valence electrons. The number of carboxylic acid groups (broad SMARTS) is 2. The van der Waals surface area contributed by atoms with Crippen molar-refractivity contribution in [2.24, 2.45) is 0 Å². The molecule has 3 rings (SSSR count). The minimum Gasteiger partial charge on any atom is -0.489 e. The van der Waals surface area contributed by atoms with Gasteiger partial charge in [-0.2, -0.15) is 13.2 Å². The number of likely N-dealkylation sites (tertiary alicyclic amines) is 1. The van der Waals surface area contributed by atoms with Gasteiger partial charge >= 0.3 is 18.1 Å². The minimum atomic E-state index is -4.37. The summed E-state index contributed by atoms with van der Waals surface area (Å²) in [5.74, 6) is -3.00. The second-order valence-corrected chi connectivity index (χ2v) is 7.86. The molecule has 0 radical (unpaired) electrons. The Kier molecular flexibility index (Phi) is 8.76. The minimum absolute atomic E-state index is 0.107. The number of hydrogen-bond acceptors (Lipinski definition) is 5. The predicted octanol–water partition coefficient (Wildman–Crippen LogP) is 4.49. The number of benzene rings is 2. The molecule has 10 heteroatoms. The van der Waals surface area contributed by atoms with E-state index in [1.165, 1.54) is 12.1 Å². The highest BCUT2D eigenvalue weighted by molar-refractivity contribution is 7.99. The zero-order chi connectivity index (χ0) is 23.0. The quantitative estimate of drug-likeness (QED) is 0.655. The number of para-hydroxylation sites is 1. The molecule has 2 aromatic carbocycles. The largest absolute Gasteiger partial charge is 0.489 e. The van der Waals surface area contributed by atoms with Gasteiger partial charge in [-0.1, -0.05) is 36.0 Å². The van der Waals surface area contributed by atoms with Gasteiger partial charge in [0.1, 0.15) is 11.9 Å². The molecule has 0 aromatic heterocycles. The van der Waals surface area contributed by atoms with E-state index in [1.54, 1.807) is 6.07 Å². The Morgan fingerprint density at radius 2 is 1.48 bits per heavy atom. The van der Waals surface area contributed by atoms with Crippen LogP contribution in [0.2, 0.25) is 0 Å². The number of ether oxygens (including phenoxy) is 1. The van der Waals surface area contributed by atoms with Gasteiger partial charge in [0, 0.05) is 18.0 Å². The third-order valence-electron chi connectivity index (χ3n) is 4.40. The first-order chi connectivity index (χ1) is 14.6. The smallest absolute Gasteiger partial charge is 0.417 e. The summed E-state index contributed by atoms with van der Waals surface area (Å²) in [4.78, 5) is 21.3. The lowest BCUT2D eigenvalue weighted by molar-refractivity contribution is -0.159. The second-order valence-electron chi connectivity index (χ2n) is 6.77. The number of nitrogens with zero attached hydrogens (tertiary/aromatic N) is 1. The van der Waals surface area contributed by atoms with Gasteiger partial charge in [0.15, 0.2) is 0 Å². The summed E-state index contributed by atoms with van der Waals surface area (Å²) >= 11 is 1.10. The maximum Gasteiger partial charge on any atom is 0.417 e. The van der Waals surface area contributed by atoms with Crippen molar-refractivity contribution in [1.29, 1.82) is 0 Å². The first kappa shape index (κ1) is 24.5. The zero-order valence-corrected chi connectivity index (χ0v) is 17.4.